The lowest BCUT2D eigenvalue weighted by molar-refractivity contribution is -0.165. The fraction of sp³-hybridized carbons (Fsp3) is 0.560. The number of ether oxygens (including phenoxy) is 2. The van der Waals surface area contributed by atoms with Crippen LogP contribution >= 0.6 is 0 Å². The molecule has 0 bridgehead atoms. The van der Waals surface area contributed by atoms with E-state index in [-0.39, 0.29) is 48.6 Å². The summed E-state index contributed by atoms with van der Waals surface area (Å²) in [5.74, 6) is -0.719. The van der Waals surface area contributed by atoms with Crippen molar-refractivity contribution in [1.82, 2.24) is 0 Å². The van der Waals surface area contributed by atoms with Crippen molar-refractivity contribution in [3.05, 3.63) is 53.6 Å². The van der Waals surface area contributed by atoms with Gasteiger partial charge in [0.25, 0.3) is 0 Å². The normalized spacial score (nSPS) is 32.9. The molecule has 176 valence electrons. The molecule has 7 heteroatoms. The van der Waals surface area contributed by atoms with Crippen LogP contribution in [0.1, 0.15) is 39.2 Å². The van der Waals surface area contributed by atoms with Crippen LogP contribution in [0.25, 0.3) is 5.76 Å². The molecule has 1 aromatic carbocycles. The molecule has 32 heavy (non-hydrogen) atoms. The van der Waals surface area contributed by atoms with Crippen molar-refractivity contribution in [1.29, 1.82) is 0 Å². The molecule has 2 aliphatic rings. The molecule has 2 fully saturated rings. The Hall–Kier alpha value is -2.03. The van der Waals surface area contributed by atoms with E-state index in [0.717, 1.165) is 6.08 Å². The Balaban J connectivity index is 1.51. The van der Waals surface area contributed by atoms with Gasteiger partial charge in [-0.2, -0.15) is 0 Å². The zero-order valence-corrected chi connectivity index (χ0v) is 18.8. The maximum absolute atomic E-state index is 12.2. The summed E-state index contributed by atoms with van der Waals surface area (Å²) in [6.07, 6.45) is 0.206. The SMILES string of the molecule is C/C(=C\C(=O)/C=C(\O)c1ccccc1)C[C@@H]1OC[C@H](C[C@@H]2O[C@H]2[C@@H](C)[C@H](C)O)[C@@H](O)[C@H]1O. The number of ketones is 1. The van der Waals surface area contributed by atoms with Gasteiger partial charge in [0, 0.05) is 23.5 Å². The maximum Gasteiger partial charge on any atom is 0.182 e. The molecule has 2 aliphatic heterocycles. The van der Waals surface area contributed by atoms with Crippen molar-refractivity contribution >= 4 is 11.5 Å². The molecular formula is C25H34O7. The molecule has 2 saturated heterocycles. The minimum absolute atomic E-state index is 0.0139. The topological polar surface area (TPSA) is 120 Å². The fourth-order valence-corrected chi connectivity index (χ4v) is 4.20. The van der Waals surface area contributed by atoms with Gasteiger partial charge in [-0.1, -0.05) is 42.8 Å². The Labute approximate surface area is 189 Å². The van der Waals surface area contributed by atoms with Crippen LogP contribution in [0.5, 0.6) is 0 Å². The van der Waals surface area contributed by atoms with E-state index in [2.05, 4.69) is 0 Å². The molecule has 3 rings (SSSR count). The van der Waals surface area contributed by atoms with Crippen molar-refractivity contribution in [2.75, 3.05) is 6.61 Å². The third kappa shape index (κ3) is 6.27. The van der Waals surface area contributed by atoms with Gasteiger partial charge in [0.2, 0.25) is 0 Å². The molecule has 7 nitrogen and oxygen atoms in total. The highest BCUT2D eigenvalue weighted by Crippen LogP contribution is 2.38. The molecule has 8 atom stereocenters. The molecule has 0 aromatic heterocycles. The molecular weight excluding hydrogens is 412 g/mol. The van der Waals surface area contributed by atoms with Crippen LogP contribution in [0.3, 0.4) is 0 Å². The first kappa shape index (κ1) is 24.6. The highest BCUT2D eigenvalue weighted by Gasteiger charge is 2.48. The third-order valence-electron chi connectivity index (χ3n) is 6.43. The Morgan fingerprint density at radius 2 is 1.81 bits per heavy atom. The highest BCUT2D eigenvalue weighted by atomic mass is 16.6. The Bertz CT molecular complexity index is 832. The van der Waals surface area contributed by atoms with Gasteiger partial charge in [-0.3, -0.25) is 4.79 Å². The highest BCUT2D eigenvalue weighted by molar-refractivity contribution is 6.03. The summed E-state index contributed by atoms with van der Waals surface area (Å²) < 4.78 is 11.5. The van der Waals surface area contributed by atoms with Crippen molar-refractivity contribution < 1.29 is 34.7 Å². The number of epoxide rings is 1. The fourth-order valence-electron chi connectivity index (χ4n) is 4.20. The van der Waals surface area contributed by atoms with E-state index >= 15 is 0 Å². The van der Waals surface area contributed by atoms with Crippen LogP contribution in [-0.4, -0.2) is 69.4 Å². The lowest BCUT2D eigenvalue weighted by Crippen LogP contribution is -2.50. The van der Waals surface area contributed by atoms with Gasteiger partial charge in [-0.05, 0) is 32.8 Å². The summed E-state index contributed by atoms with van der Waals surface area (Å²) in [7, 11) is 0. The number of aliphatic hydroxyl groups excluding tert-OH is 4. The zero-order valence-electron chi connectivity index (χ0n) is 18.8. The number of carbonyl (C=O) groups excluding carboxylic acids is 1. The molecule has 0 saturated carbocycles. The molecule has 0 aliphatic carbocycles. The molecule has 0 spiro atoms. The first-order valence-electron chi connectivity index (χ1n) is 11.2. The molecule has 1 aromatic rings. The first-order chi connectivity index (χ1) is 15.2. The predicted octanol–water partition coefficient (Wildman–Crippen LogP) is 2.40. The average Bonchev–Trinajstić information content (AvgIpc) is 3.52. The van der Waals surface area contributed by atoms with Crippen LogP contribution in [0.4, 0.5) is 0 Å². The molecule has 0 unspecified atom stereocenters. The number of aliphatic hydroxyl groups is 4. The summed E-state index contributed by atoms with van der Waals surface area (Å²) in [6, 6.07) is 8.78. The van der Waals surface area contributed by atoms with Crippen LogP contribution in [0, 0.1) is 11.8 Å². The number of benzene rings is 1. The molecule has 0 amide bonds. The van der Waals surface area contributed by atoms with Gasteiger partial charge in [-0.25, -0.2) is 0 Å². The van der Waals surface area contributed by atoms with Crippen LogP contribution in [-0.2, 0) is 14.3 Å². The van der Waals surface area contributed by atoms with Crippen LogP contribution < -0.4 is 0 Å². The minimum Gasteiger partial charge on any atom is -0.507 e. The van der Waals surface area contributed by atoms with Gasteiger partial charge >= 0.3 is 0 Å². The zero-order chi connectivity index (χ0) is 23.4. The summed E-state index contributed by atoms with van der Waals surface area (Å²) in [6.45, 7) is 5.70. The monoisotopic (exact) mass is 446 g/mol. The summed E-state index contributed by atoms with van der Waals surface area (Å²) in [5, 5.41) is 40.9. The Morgan fingerprint density at radius 3 is 2.47 bits per heavy atom. The summed E-state index contributed by atoms with van der Waals surface area (Å²) >= 11 is 0. The minimum atomic E-state index is -1.08. The summed E-state index contributed by atoms with van der Waals surface area (Å²) in [4.78, 5) is 12.2. The van der Waals surface area contributed by atoms with Crippen LogP contribution in [0.15, 0.2) is 48.1 Å². The van der Waals surface area contributed by atoms with Gasteiger partial charge < -0.3 is 29.9 Å². The summed E-state index contributed by atoms with van der Waals surface area (Å²) in [5.41, 5.74) is 1.23. The van der Waals surface area contributed by atoms with E-state index in [4.69, 9.17) is 9.47 Å². The van der Waals surface area contributed by atoms with E-state index < -0.39 is 24.4 Å². The van der Waals surface area contributed by atoms with E-state index in [1.54, 1.807) is 38.1 Å². The van der Waals surface area contributed by atoms with E-state index in [1.165, 1.54) is 6.08 Å². The molecule has 2 heterocycles. The standard InChI is InChI=1S/C25H34O7/c1-14(9-19(27)12-20(28)17-7-5-4-6-8-17)10-21-24(30)23(29)18(13-31-21)11-22-25(32-22)15(2)16(3)26/h4-9,12,15-16,18,21-26,28-30H,10-11,13H2,1-3H3/b14-9+,20-12-/t15-,16-,18-,21-,22-,23+,24-,25-/m0/s1. The predicted molar refractivity (Wildman–Crippen MR) is 120 cm³/mol. The number of carbonyl (C=O) groups is 1. The van der Waals surface area contributed by atoms with Crippen molar-refractivity contribution in [3.8, 4) is 0 Å². The Morgan fingerprint density at radius 1 is 1.12 bits per heavy atom. The van der Waals surface area contributed by atoms with E-state index in [9.17, 15) is 25.2 Å². The Kier molecular flexibility index (Phi) is 8.25. The number of hydrogen-bond acceptors (Lipinski definition) is 7. The number of allylic oxidation sites excluding steroid dienone is 2. The quantitative estimate of drug-likeness (QED) is 0.261. The molecule has 4 N–H and O–H groups in total. The van der Waals surface area contributed by atoms with Crippen molar-refractivity contribution in [2.24, 2.45) is 11.8 Å². The second kappa shape index (κ2) is 10.7. The second-order valence-corrected chi connectivity index (χ2v) is 9.08. The van der Waals surface area contributed by atoms with Gasteiger partial charge in [0.05, 0.1) is 37.1 Å². The largest absolute Gasteiger partial charge is 0.507 e. The van der Waals surface area contributed by atoms with Gasteiger partial charge in [-0.15, -0.1) is 0 Å². The van der Waals surface area contributed by atoms with Crippen molar-refractivity contribution in [3.63, 3.8) is 0 Å². The third-order valence-corrected chi connectivity index (χ3v) is 6.43. The lowest BCUT2D eigenvalue weighted by Gasteiger charge is -2.38. The van der Waals surface area contributed by atoms with E-state index in [1.807, 2.05) is 13.0 Å². The first-order valence-corrected chi connectivity index (χ1v) is 11.2. The van der Waals surface area contributed by atoms with Crippen LogP contribution in [0.2, 0.25) is 0 Å². The number of rotatable bonds is 9. The van der Waals surface area contributed by atoms with Gasteiger partial charge in [0.15, 0.2) is 5.78 Å². The molecule has 0 radical (unpaired) electrons. The van der Waals surface area contributed by atoms with Crippen molar-refractivity contribution in [2.45, 2.75) is 70.2 Å². The maximum atomic E-state index is 12.2. The van der Waals surface area contributed by atoms with E-state index in [0.29, 0.717) is 17.6 Å². The second-order valence-electron chi connectivity index (χ2n) is 9.08. The lowest BCUT2D eigenvalue weighted by atomic mass is 9.85. The number of hydrogen-bond donors (Lipinski definition) is 4. The van der Waals surface area contributed by atoms with Gasteiger partial charge in [0.1, 0.15) is 11.9 Å². The average molecular weight is 447 g/mol. The smallest absolute Gasteiger partial charge is 0.182 e.